The van der Waals surface area contributed by atoms with Crippen molar-refractivity contribution in [2.24, 2.45) is 0 Å². The van der Waals surface area contributed by atoms with Crippen LogP contribution in [0.15, 0.2) is 24.3 Å². The van der Waals surface area contributed by atoms with Gasteiger partial charge in [-0.2, -0.15) is 0 Å². The van der Waals surface area contributed by atoms with Crippen LogP contribution in [0.5, 0.6) is 0 Å². The van der Waals surface area contributed by atoms with Crippen LogP contribution in [0.25, 0.3) is 5.57 Å². The van der Waals surface area contributed by atoms with Gasteiger partial charge in [0.15, 0.2) is 0 Å². The maximum Gasteiger partial charge on any atom is 0.0263 e. The summed E-state index contributed by atoms with van der Waals surface area (Å²) in [5.74, 6) is 0. The highest BCUT2D eigenvalue weighted by Crippen LogP contribution is 2.25. The van der Waals surface area contributed by atoms with Crippen molar-refractivity contribution in [1.82, 2.24) is 4.98 Å². The van der Waals surface area contributed by atoms with Gasteiger partial charge in [-0.15, -0.1) is 0 Å². The number of fused-ring (bicyclic) bond motifs is 1. The van der Waals surface area contributed by atoms with Crippen LogP contribution in [0.2, 0.25) is 0 Å². The molecule has 0 radical (unpaired) electrons. The van der Waals surface area contributed by atoms with Crippen molar-refractivity contribution in [2.75, 3.05) is 0 Å². The van der Waals surface area contributed by atoms with Crippen LogP contribution in [0.4, 0.5) is 0 Å². The van der Waals surface area contributed by atoms with Gasteiger partial charge in [0.05, 0.1) is 0 Å². The molecule has 68 valence electrons. The summed E-state index contributed by atoms with van der Waals surface area (Å²) in [6.07, 6.45) is 8.72. The average Bonchev–Trinajstić information content (AvgIpc) is 2.37. The van der Waals surface area contributed by atoms with E-state index in [2.05, 4.69) is 43.1 Å². The lowest BCUT2D eigenvalue weighted by molar-refractivity contribution is 1.11. The summed E-state index contributed by atoms with van der Waals surface area (Å²) in [5.41, 5.74) is 5.47. The molecule has 0 amide bonds. The lowest BCUT2D eigenvalue weighted by atomic mass is 10.0. The van der Waals surface area contributed by atoms with Crippen molar-refractivity contribution < 1.29 is 0 Å². The van der Waals surface area contributed by atoms with Gasteiger partial charge in [0.25, 0.3) is 0 Å². The fraction of sp³-hybridized carbons (Fsp3) is 0.333. The van der Waals surface area contributed by atoms with Crippen molar-refractivity contribution in [2.45, 2.75) is 26.7 Å². The van der Waals surface area contributed by atoms with Crippen LogP contribution < -0.4 is 0 Å². The van der Waals surface area contributed by atoms with Gasteiger partial charge in [0, 0.05) is 17.8 Å². The molecule has 13 heavy (non-hydrogen) atoms. The Morgan fingerprint density at radius 2 is 2.31 bits per heavy atom. The lowest BCUT2D eigenvalue weighted by Crippen LogP contribution is -1.86. The Hall–Kier alpha value is -1.24. The molecule has 0 aliphatic heterocycles. The third-order valence-corrected chi connectivity index (χ3v) is 2.52. The van der Waals surface area contributed by atoms with Gasteiger partial charge in [-0.05, 0) is 30.5 Å². The van der Waals surface area contributed by atoms with Crippen molar-refractivity contribution in [3.8, 4) is 0 Å². The zero-order valence-corrected chi connectivity index (χ0v) is 8.22. The maximum absolute atomic E-state index is 3.41. The van der Waals surface area contributed by atoms with Crippen molar-refractivity contribution in [3.05, 3.63) is 41.2 Å². The summed E-state index contributed by atoms with van der Waals surface area (Å²) in [4.78, 5) is 3.41. The van der Waals surface area contributed by atoms with Crippen LogP contribution in [0.1, 0.15) is 30.3 Å². The number of allylic oxidation sites excluding steroid dienone is 4. The average molecular weight is 173 g/mol. The van der Waals surface area contributed by atoms with Gasteiger partial charge in [-0.25, -0.2) is 0 Å². The number of rotatable bonds is 1. The molecule has 1 aliphatic rings. The topological polar surface area (TPSA) is 15.8 Å². The van der Waals surface area contributed by atoms with Gasteiger partial charge in [-0.1, -0.05) is 25.2 Å². The minimum absolute atomic E-state index is 1.03. The number of aryl methyl sites for hydroxylation is 1. The molecule has 0 aromatic carbocycles. The zero-order chi connectivity index (χ0) is 9.26. The molecule has 1 aromatic rings. The standard InChI is InChI=1S/C12H15N/c1-3-10-6-4-5-7-12-11(10)8-9(2)13-12/h4-6,8,13H,3,7H2,1-2H3. The monoisotopic (exact) mass is 173 g/mol. The molecule has 1 aromatic heterocycles. The zero-order valence-electron chi connectivity index (χ0n) is 8.22. The summed E-state index contributed by atoms with van der Waals surface area (Å²) in [6, 6.07) is 2.25. The van der Waals surface area contributed by atoms with E-state index in [1.165, 1.54) is 22.5 Å². The molecule has 0 bridgehead atoms. The molecule has 0 saturated carbocycles. The number of H-pyrrole nitrogens is 1. The molecule has 0 atom stereocenters. The van der Waals surface area contributed by atoms with E-state index >= 15 is 0 Å². The minimum atomic E-state index is 1.03. The van der Waals surface area contributed by atoms with E-state index in [0.29, 0.717) is 0 Å². The SMILES string of the molecule is CCC1=CC=CCc2[nH]c(C)cc21. The minimum Gasteiger partial charge on any atom is -0.362 e. The fourth-order valence-electron chi connectivity index (χ4n) is 1.86. The summed E-state index contributed by atoms with van der Waals surface area (Å²) in [5, 5.41) is 0. The fourth-order valence-corrected chi connectivity index (χ4v) is 1.86. The molecule has 1 N–H and O–H groups in total. The van der Waals surface area contributed by atoms with Crippen LogP contribution >= 0.6 is 0 Å². The first-order chi connectivity index (χ1) is 6.31. The second kappa shape index (κ2) is 3.25. The Labute approximate surface area is 79.2 Å². The highest BCUT2D eigenvalue weighted by Gasteiger charge is 2.09. The molecule has 1 nitrogen and oxygen atoms in total. The summed E-state index contributed by atoms with van der Waals surface area (Å²) in [7, 11) is 0. The number of aromatic nitrogens is 1. The molecule has 0 unspecified atom stereocenters. The van der Waals surface area contributed by atoms with E-state index in [0.717, 1.165) is 12.8 Å². The largest absolute Gasteiger partial charge is 0.362 e. The van der Waals surface area contributed by atoms with Crippen LogP contribution in [-0.2, 0) is 6.42 Å². The van der Waals surface area contributed by atoms with E-state index in [-0.39, 0.29) is 0 Å². The molecular formula is C12H15N. The molecule has 1 heteroatoms. The summed E-state index contributed by atoms with van der Waals surface area (Å²) in [6.45, 7) is 4.32. The molecule has 1 aliphatic carbocycles. The van der Waals surface area contributed by atoms with Crippen molar-refractivity contribution >= 4 is 5.57 Å². The predicted octanol–water partition coefficient (Wildman–Crippen LogP) is 3.23. The molecular weight excluding hydrogens is 158 g/mol. The normalized spacial score (nSPS) is 15.1. The third-order valence-electron chi connectivity index (χ3n) is 2.52. The quantitative estimate of drug-likeness (QED) is 0.671. The Bertz CT molecular complexity index is 366. The van der Waals surface area contributed by atoms with Gasteiger partial charge in [0.2, 0.25) is 0 Å². The first kappa shape index (κ1) is 8.36. The first-order valence-corrected chi connectivity index (χ1v) is 4.86. The predicted molar refractivity (Wildman–Crippen MR) is 56.6 cm³/mol. The summed E-state index contributed by atoms with van der Waals surface area (Å²) >= 11 is 0. The Balaban J connectivity index is 2.52. The van der Waals surface area contributed by atoms with E-state index in [1.807, 2.05) is 0 Å². The molecule has 0 spiro atoms. The molecule has 0 fully saturated rings. The Kier molecular flexibility index (Phi) is 2.09. The lowest BCUT2D eigenvalue weighted by Gasteiger charge is -2.01. The Morgan fingerprint density at radius 3 is 3.08 bits per heavy atom. The van der Waals surface area contributed by atoms with Gasteiger partial charge >= 0.3 is 0 Å². The number of hydrogen-bond donors (Lipinski definition) is 1. The molecule has 2 rings (SSSR count). The third kappa shape index (κ3) is 1.46. The number of aromatic amines is 1. The molecule has 0 saturated heterocycles. The van der Waals surface area contributed by atoms with E-state index < -0.39 is 0 Å². The van der Waals surface area contributed by atoms with E-state index in [1.54, 1.807) is 0 Å². The highest BCUT2D eigenvalue weighted by atomic mass is 14.7. The number of nitrogens with one attached hydrogen (secondary N) is 1. The van der Waals surface area contributed by atoms with Crippen LogP contribution in [0, 0.1) is 6.92 Å². The van der Waals surface area contributed by atoms with E-state index in [4.69, 9.17) is 0 Å². The first-order valence-electron chi connectivity index (χ1n) is 4.86. The van der Waals surface area contributed by atoms with Gasteiger partial charge < -0.3 is 4.98 Å². The summed E-state index contributed by atoms with van der Waals surface area (Å²) < 4.78 is 0. The Morgan fingerprint density at radius 1 is 1.46 bits per heavy atom. The van der Waals surface area contributed by atoms with Crippen LogP contribution in [-0.4, -0.2) is 4.98 Å². The second-order valence-electron chi connectivity index (χ2n) is 3.52. The van der Waals surface area contributed by atoms with Crippen LogP contribution in [0.3, 0.4) is 0 Å². The second-order valence-corrected chi connectivity index (χ2v) is 3.52. The highest BCUT2D eigenvalue weighted by molar-refractivity contribution is 5.70. The molecule has 1 heterocycles. The van der Waals surface area contributed by atoms with Crippen molar-refractivity contribution in [3.63, 3.8) is 0 Å². The number of hydrogen-bond acceptors (Lipinski definition) is 0. The van der Waals surface area contributed by atoms with E-state index in [9.17, 15) is 0 Å². The smallest absolute Gasteiger partial charge is 0.0263 e. The van der Waals surface area contributed by atoms with Crippen molar-refractivity contribution in [1.29, 1.82) is 0 Å². The van der Waals surface area contributed by atoms with Gasteiger partial charge in [0.1, 0.15) is 0 Å². The van der Waals surface area contributed by atoms with Gasteiger partial charge in [-0.3, -0.25) is 0 Å². The maximum atomic E-state index is 3.41.